The zero-order valence-electron chi connectivity index (χ0n) is 7.84. The monoisotopic (exact) mass is 201 g/mol. The zero-order valence-corrected chi connectivity index (χ0v) is 8.59. The molecule has 3 heteroatoms. The number of nitrogens with zero attached hydrogens (tertiary/aromatic N) is 1. The molecule has 2 nitrogen and oxygen atoms in total. The first-order valence-electron chi connectivity index (χ1n) is 5.18. The van der Waals surface area contributed by atoms with Gasteiger partial charge in [0, 0.05) is 12.3 Å². The molecule has 1 atom stereocenters. The Bertz CT molecular complexity index is 199. The van der Waals surface area contributed by atoms with Crippen LogP contribution in [-0.4, -0.2) is 17.7 Å². The highest BCUT2D eigenvalue weighted by molar-refractivity contribution is 6.18. The van der Waals surface area contributed by atoms with Crippen molar-refractivity contribution in [3.05, 3.63) is 0 Å². The summed E-state index contributed by atoms with van der Waals surface area (Å²) >= 11 is 5.71. The maximum atomic E-state index is 5.71. The second-order valence-corrected chi connectivity index (χ2v) is 4.31. The SMILES string of the molecule is ClC[C@@H]1CC(C2CCCCC2)=NO1. The molecule has 0 saturated heterocycles. The van der Waals surface area contributed by atoms with Gasteiger partial charge in [-0.25, -0.2) is 0 Å². The number of hydrogen-bond donors (Lipinski definition) is 0. The van der Waals surface area contributed by atoms with Crippen LogP contribution in [0.15, 0.2) is 5.16 Å². The van der Waals surface area contributed by atoms with Crippen LogP contribution in [0, 0.1) is 5.92 Å². The summed E-state index contributed by atoms with van der Waals surface area (Å²) in [5, 5.41) is 4.14. The molecule has 0 spiro atoms. The Kier molecular flexibility index (Phi) is 3.09. The number of hydrogen-bond acceptors (Lipinski definition) is 2. The van der Waals surface area contributed by atoms with Gasteiger partial charge in [0.2, 0.25) is 0 Å². The predicted octanol–water partition coefficient (Wildman–Crippen LogP) is 2.95. The highest BCUT2D eigenvalue weighted by Crippen LogP contribution is 2.29. The van der Waals surface area contributed by atoms with Gasteiger partial charge in [-0.15, -0.1) is 11.6 Å². The molecule has 1 fully saturated rings. The van der Waals surface area contributed by atoms with E-state index < -0.39 is 0 Å². The molecule has 2 aliphatic rings. The molecular formula is C10H16ClNO. The Morgan fingerprint density at radius 2 is 2.08 bits per heavy atom. The maximum Gasteiger partial charge on any atom is 0.146 e. The van der Waals surface area contributed by atoms with Crippen molar-refractivity contribution in [2.24, 2.45) is 11.1 Å². The summed E-state index contributed by atoms with van der Waals surface area (Å²) in [5.74, 6) is 1.27. The third kappa shape index (κ3) is 2.16. The van der Waals surface area contributed by atoms with E-state index in [2.05, 4.69) is 5.16 Å². The fourth-order valence-electron chi connectivity index (χ4n) is 2.21. The van der Waals surface area contributed by atoms with Crippen molar-refractivity contribution in [3.63, 3.8) is 0 Å². The molecule has 0 N–H and O–H groups in total. The van der Waals surface area contributed by atoms with Crippen LogP contribution in [-0.2, 0) is 4.84 Å². The van der Waals surface area contributed by atoms with Crippen molar-refractivity contribution in [3.8, 4) is 0 Å². The molecule has 0 bridgehead atoms. The topological polar surface area (TPSA) is 21.6 Å². The van der Waals surface area contributed by atoms with Crippen LogP contribution < -0.4 is 0 Å². The quantitative estimate of drug-likeness (QED) is 0.630. The minimum Gasteiger partial charge on any atom is -0.391 e. The summed E-state index contributed by atoms with van der Waals surface area (Å²) < 4.78 is 0. The fraction of sp³-hybridized carbons (Fsp3) is 0.900. The maximum absolute atomic E-state index is 5.71. The van der Waals surface area contributed by atoms with Gasteiger partial charge >= 0.3 is 0 Å². The molecule has 1 saturated carbocycles. The molecule has 0 unspecified atom stereocenters. The smallest absolute Gasteiger partial charge is 0.146 e. The molecular weight excluding hydrogens is 186 g/mol. The number of alkyl halides is 1. The van der Waals surface area contributed by atoms with Gasteiger partial charge in [0.05, 0.1) is 11.6 Å². The first kappa shape index (κ1) is 9.32. The van der Waals surface area contributed by atoms with Gasteiger partial charge in [0.25, 0.3) is 0 Å². The second-order valence-electron chi connectivity index (χ2n) is 4.00. The van der Waals surface area contributed by atoms with Gasteiger partial charge < -0.3 is 4.84 Å². The average molecular weight is 202 g/mol. The molecule has 74 valence electrons. The molecule has 0 amide bonds. The standard InChI is InChI=1S/C10H16ClNO/c11-7-9-6-10(12-13-9)8-4-2-1-3-5-8/h8-9H,1-7H2/t9-/m0/s1. The normalized spacial score (nSPS) is 29.9. The van der Waals surface area contributed by atoms with Crippen molar-refractivity contribution in [1.82, 2.24) is 0 Å². The molecule has 0 aromatic heterocycles. The van der Waals surface area contributed by atoms with Crippen LogP contribution in [0.1, 0.15) is 38.5 Å². The molecule has 1 aliphatic heterocycles. The van der Waals surface area contributed by atoms with E-state index in [-0.39, 0.29) is 6.10 Å². The summed E-state index contributed by atoms with van der Waals surface area (Å²) in [6.45, 7) is 0. The second kappa shape index (κ2) is 4.32. The lowest BCUT2D eigenvalue weighted by Crippen LogP contribution is -2.18. The van der Waals surface area contributed by atoms with E-state index in [1.54, 1.807) is 0 Å². The highest BCUT2D eigenvalue weighted by Gasteiger charge is 2.27. The van der Waals surface area contributed by atoms with E-state index in [4.69, 9.17) is 16.4 Å². The molecule has 1 heterocycles. The van der Waals surface area contributed by atoms with Crippen LogP contribution in [0.25, 0.3) is 0 Å². The van der Waals surface area contributed by atoms with Crippen LogP contribution in [0.3, 0.4) is 0 Å². The lowest BCUT2D eigenvalue weighted by atomic mass is 9.84. The van der Waals surface area contributed by atoms with Crippen LogP contribution >= 0.6 is 11.6 Å². The molecule has 0 aromatic carbocycles. The Morgan fingerprint density at radius 3 is 2.69 bits per heavy atom. The van der Waals surface area contributed by atoms with E-state index in [1.807, 2.05) is 0 Å². The summed E-state index contributed by atoms with van der Waals surface area (Å²) in [5.41, 5.74) is 1.27. The van der Waals surface area contributed by atoms with Gasteiger partial charge in [-0.3, -0.25) is 0 Å². The van der Waals surface area contributed by atoms with Crippen molar-refractivity contribution in [1.29, 1.82) is 0 Å². The minimum absolute atomic E-state index is 0.151. The summed E-state index contributed by atoms with van der Waals surface area (Å²) in [4.78, 5) is 5.22. The van der Waals surface area contributed by atoms with Gasteiger partial charge in [-0.1, -0.05) is 24.4 Å². The van der Waals surface area contributed by atoms with Crippen molar-refractivity contribution in [2.75, 3.05) is 5.88 Å². The Labute approximate surface area is 84.3 Å². The fourth-order valence-corrected chi connectivity index (χ4v) is 2.38. The third-order valence-electron chi connectivity index (χ3n) is 3.00. The van der Waals surface area contributed by atoms with E-state index in [1.165, 1.54) is 37.8 Å². The highest BCUT2D eigenvalue weighted by atomic mass is 35.5. The Morgan fingerprint density at radius 1 is 1.31 bits per heavy atom. The van der Waals surface area contributed by atoms with E-state index >= 15 is 0 Å². The first-order valence-corrected chi connectivity index (χ1v) is 5.72. The zero-order chi connectivity index (χ0) is 9.10. The van der Waals surface area contributed by atoms with E-state index in [0.29, 0.717) is 11.8 Å². The van der Waals surface area contributed by atoms with E-state index in [9.17, 15) is 0 Å². The molecule has 1 aliphatic carbocycles. The number of oxime groups is 1. The molecule has 0 radical (unpaired) electrons. The molecule has 0 aromatic rings. The lowest BCUT2D eigenvalue weighted by molar-refractivity contribution is 0.102. The lowest BCUT2D eigenvalue weighted by Gasteiger charge is -2.20. The van der Waals surface area contributed by atoms with Crippen molar-refractivity contribution in [2.45, 2.75) is 44.6 Å². The largest absolute Gasteiger partial charge is 0.391 e. The molecule has 2 rings (SSSR count). The van der Waals surface area contributed by atoms with Crippen LogP contribution in [0.4, 0.5) is 0 Å². The number of rotatable bonds is 2. The summed E-state index contributed by atoms with van der Waals surface area (Å²) in [6.07, 6.45) is 7.83. The van der Waals surface area contributed by atoms with Gasteiger partial charge in [-0.05, 0) is 12.8 Å². The van der Waals surface area contributed by atoms with Crippen LogP contribution in [0.2, 0.25) is 0 Å². The van der Waals surface area contributed by atoms with Gasteiger partial charge in [-0.2, -0.15) is 0 Å². The predicted molar refractivity (Wildman–Crippen MR) is 54.2 cm³/mol. The molecule has 13 heavy (non-hydrogen) atoms. The number of halogens is 1. The van der Waals surface area contributed by atoms with Crippen LogP contribution in [0.5, 0.6) is 0 Å². The third-order valence-corrected chi connectivity index (χ3v) is 3.35. The Balaban J connectivity index is 1.87. The minimum atomic E-state index is 0.151. The van der Waals surface area contributed by atoms with Gasteiger partial charge in [0.1, 0.15) is 6.10 Å². The first-order chi connectivity index (χ1) is 6.40. The average Bonchev–Trinajstić information content (AvgIpc) is 2.67. The Hall–Kier alpha value is -0.240. The van der Waals surface area contributed by atoms with Crippen molar-refractivity contribution < 1.29 is 4.84 Å². The van der Waals surface area contributed by atoms with E-state index in [0.717, 1.165) is 6.42 Å². The summed E-state index contributed by atoms with van der Waals surface area (Å²) in [7, 11) is 0. The van der Waals surface area contributed by atoms with Crippen molar-refractivity contribution >= 4 is 17.3 Å². The van der Waals surface area contributed by atoms with Gasteiger partial charge in [0.15, 0.2) is 0 Å². The summed E-state index contributed by atoms with van der Waals surface area (Å²) in [6, 6.07) is 0.